The van der Waals surface area contributed by atoms with Gasteiger partial charge in [0.15, 0.2) is 0 Å². The Bertz CT molecular complexity index is 1080. The van der Waals surface area contributed by atoms with Crippen molar-refractivity contribution in [3.8, 4) is 11.1 Å². The Morgan fingerprint density at radius 3 is 2.61 bits per heavy atom. The molecule has 0 unspecified atom stereocenters. The molecule has 4 aromatic rings. The smallest absolute Gasteiger partial charge is 0.137 e. The molecule has 0 aliphatic heterocycles. The zero-order valence-electron chi connectivity index (χ0n) is 16.0. The van der Waals surface area contributed by atoms with Crippen molar-refractivity contribution in [1.29, 1.82) is 0 Å². The van der Waals surface area contributed by atoms with E-state index in [0.29, 0.717) is 12.8 Å². The molecule has 0 bridgehead atoms. The maximum Gasteiger partial charge on any atom is 0.137 e. The number of rotatable bonds is 7. The molecule has 4 heteroatoms. The number of nitrogens with zero attached hydrogens (tertiary/aromatic N) is 3. The maximum atomic E-state index is 12.1. The van der Waals surface area contributed by atoms with Crippen LogP contribution < -0.4 is 0 Å². The van der Waals surface area contributed by atoms with Crippen molar-refractivity contribution in [3.63, 3.8) is 0 Å². The molecule has 0 N–H and O–H groups in total. The van der Waals surface area contributed by atoms with Gasteiger partial charge in [0.2, 0.25) is 0 Å². The summed E-state index contributed by atoms with van der Waals surface area (Å²) in [6.45, 7) is 0. The molecule has 2 heterocycles. The Labute approximate surface area is 164 Å². The normalized spacial score (nSPS) is 11.0. The van der Waals surface area contributed by atoms with E-state index in [4.69, 9.17) is 0 Å². The van der Waals surface area contributed by atoms with E-state index in [9.17, 15) is 4.79 Å². The molecule has 0 aliphatic carbocycles. The Hall–Kier alpha value is -3.27. The van der Waals surface area contributed by atoms with E-state index in [1.54, 1.807) is 12.4 Å². The minimum Gasteiger partial charge on any atom is -0.334 e. The molecule has 0 atom stereocenters. The number of pyridine rings is 1. The molecule has 0 spiro atoms. The summed E-state index contributed by atoms with van der Waals surface area (Å²) < 4.78 is 2.03. The van der Waals surface area contributed by atoms with Gasteiger partial charge in [0.25, 0.3) is 0 Å². The fraction of sp³-hybridized carbons (Fsp3) is 0.208. The van der Waals surface area contributed by atoms with Gasteiger partial charge in [-0.05, 0) is 53.3 Å². The van der Waals surface area contributed by atoms with Crippen molar-refractivity contribution in [2.24, 2.45) is 7.05 Å². The van der Waals surface area contributed by atoms with Crippen LogP contribution in [0.3, 0.4) is 0 Å². The van der Waals surface area contributed by atoms with Gasteiger partial charge in [0, 0.05) is 32.3 Å². The highest BCUT2D eigenvalue weighted by Crippen LogP contribution is 2.24. The second-order valence-corrected chi connectivity index (χ2v) is 7.19. The molecule has 140 valence electrons. The molecule has 0 saturated heterocycles. The number of aryl methyl sites for hydroxylation is 2. The lowest BCUT2D eigenvalue weighted by atomic mass is 10.00. The van der Waals surface area contributed by atoms with Crippen LogP contribution in [-0.4, -0.2) is 20.3 Å². The van der Waals surface area contributed by atoms with Gasteiger partial charge in [0.05, 0.1) is 17.4 Å². The Morgan fingerprint density at radius 1 is 1.00 bits per heavy atom. The van der Waals surface area contributed by atoms with Gasteiger partial charge < -0.3 is 4.57 Å². The minimum absolute atomic E-state index is 0.272. The maximum absolute atomic E-state index is 12.1. The molecule has 2 aromatic carbocycles. The number of imidazole rings is 1. The van der Waals surface area contributed by atoms with Gasteiger partial charge in [-0.15, -0.1) is 0 Å². The van der Waals surface area contributed by atoms with Gasteiger partial charge in [-0.3, -0.25) is 9.78 Å². The number of aromatic nitrogens is 3. The first-order valence-electron chi connectivity index (χ1n) is 9.60. The monoisotopic (exact) mass is 369 g/mol. The number of carbonyl (C=O) groups is 1. The molecule has 4 nitrogen and oxygen atoms in total. The zero-order chi connectivity index (χ0) is 19.3. The first-order chi connectivity index (χ1) is 13.7. The number of ketones is 1. The highest BCUT2D eigenvalue weighted by atomic mass is 16.1. The third-order valence-electron chi connectivity index (χ3n) is 5.06. The standard InChI is InChI=1S/C24H23N3O/c1-27-17-26-23-15-21(11-12-24(23)27)20-9-7-18(8-10-20)4-2-6-22(28)14-19-5-3-13-25-16-19/h3,5,7-13,15-17H,2,4,6,14H2,1H3. The SMILES string of the molecule is Cn1cnc2cc(-c3ccc(CCCC(=O)Cc4cccnc4)cc3)ccc21. The molecule has 28 heavy (non-hydrogen) atoms. The fourth-order valence-electron chi connectivity index (χ4n) is 3.49. The van der Waals surface area contributed by atoms with Gasteiger partial charge in [-0.1, -0.05) is 36.4 Å². The van der Waals surface area contributed by atoms with Crippen LogP contribution in [0, 0.1) is 0 Å². The van der Waals surface area contributed by atoms with E-state index in [2.05, 4.69) is 52.4 Å². The summed E-state index contributed by atoms with van der Waals surface area (Å²) in [5.74, 6) is 0.272. The van der Waals surface area contributed by atoms with E-state index < -0.39 is 0 Å². The van der Waals surface area contributed by atoms with Crippen molar-refractivity contribution in [2.75, 3.05) is 0 Å². The predicted molar refractivity (Wildman–Crippen MR) is 112 cm³/mol. The largest absolute Gasteiger partial charge is 0.334 e. The van der Waals surface area contributed by atoms with E-state index >= 15 is 0 Å². The number of hydrogen-bond acceptors (Lipinski definition) is 3. The van der Waals surface area contributed by atoms with Crippen molar-refractivity contribution in [1.82, 2.24) is 14.5 Å². The van der Waals surface area contributed by atoms with Gasteiger partial charge >= 0.3 is 0 Å². The lowest BCUT2D eigenvalue weighted by Gasteiger charge is -2.06. The van der Waals surface area contributed by atoms with Crippen molar-refractivity contribution in [3.05, 3.63) is 84.4 Å². The molecule has 4 rings (SSSR count). The van der Waals surface area contributed by atoms with Gasteiger partial charge in [0.1, 0.15) is 5.78 Å². The summed E-state index contributed by atoms with van der Waals surface area (Å²) in [6, 6.07) is 18.8. The third kappa shape index (κ3) is 4.17. The van der Waals surface area contributed by atoms with Gasteiger partial charge in [-0.25, -0.2) is 4.98 Å². The second kappa shape index (κ2) is 8.17. The number of benzene rings is 2. The van der Waals surface area contributed by atoms with Crippen LogP contribution in [0.4, 0.5) is 0 Å². The quantitative estimate of drug-likeness (QED) is 0.471. The third-order valence-corrected chi connectivity index (χ3v) is 5.06. The van der Waals surface area contributed by atoms with E-state index in [0.717, 1.165) is 29.4 Å². The minimum atomic E-state index is 0.272. The number of hydrogen-bond donors (Lipinski definition) is 0. The van der Waals surface area contributed by atoms with E-state index in [1.807, 2.05) is 30.1 Å². The van der Waals surface area contributed by atoms with Crippen molar-refractivity contribution in [2.45, 2.75) is 25.7 Å². The number of fused-ring (bicyclic) bond motifs is 1. The predicted octanol–water partition coefficient (Wildman–Crippen LogP) is 4.77. The Balaban J connectivity index is 1.33. The highest BCUT2D eigenvalue weighted by molar-refractivity contribution is 5.82. The summed E-state index contributed by atoms with van der Waals surface area (Å²) in [4.78, 5) is 20.6. The molecule has 2 aromatic heterocycles. The highest BCUT2D eigenvalue weighted by Gasteiger charge is 2.06. The first kappa shape index (κ1) is 18.1. The van der Waals surface area contributed by atoms with Gasteiger partial charge in [-0.2, -0.15) is 0 Å². The van der Waals surface area contributed by atoms with Crippen LogP contribution in [-0.2, 0) is 24.7 Å². The summed E-state index contributed by atoms with van der Waals surface area (Å²) in [6.07, 6.45) is 8.20. The number of Topliss-reactive ketones (excluding diaryl/α,β-unsaturated/α-hetero) is 1. The number of carbonyl (C=O) groups excluding carboxylic acids is 1. The van der Waals surface area contributed by atoms with E-state index in [1.165, 1.54) is 16.7 Å². The zero-order valence-corrected chi connectivity index (χ0v) is 16.0. The summed E-state index contributed by atoms with van der Waals surface area (Å²) in [5.41, 5.74) is 6.75. The molecule has 0 saturated carbocycles. The van der Waals surface area contributed by atoms with Crippen LogP contribution in [0.1, 0.15) is 24.0 Å². The summed E-state index contributed by atoms with van der Waals surface area (Å²) in [5, 5.41) is 0. The lowest BCUT2D eigenvalue weighted by Crippen LogP contribution is -2.03. The van der Waals surface area contributed by atoms with Crippen molar-refractivity contribution < 1.29 is 4.79 Å². The Morgan fingerprint density at radius 2 is 1.82 bits per heavy atom. The lowest BCUT2D eigenvalue weighted by molar-refractivity contribution is -0.118. The first-order valence-corrected chi connectivity index (χ1v) is 9.60. The molecule has 0 radical (unpaired) electrons. The van der Waals surface area contributed by atoms with Crippen molar-refractivity contribution >= 4 is 16.8 Å². The molecule has 0 fully saturated rings. The average molecular weight is 369 g/mol. The van der Waals surface area contributed by atoms with Crippen LogP contribution in [0.2, 0.25) is 0 Å². The fourth-order valence-corrected chi connectivity index (χ4v) is 3.49. The molecule has 0 amide bonds. The summed E-state index contributed by atoms with van der Waals surface area (Å²) >= 11 is 0. The Kier molecular flexibility index (Phi) is 5.29. The van der Waals surface area contributed by atoms with Crippen LogP contribution >= 0.6 is 0 Å². The molecular weight excluding hydrogens is 346 g/mol. The summed E-state index contributed by atoms with van der Waals surface area (Å²) in [7, 11) is 2.01. The average Bonchev–Trinajstić information content (AvgIpc) is 3.09. The second-order valence-electron chi connectivity index (χ2n) is 7.19. The van der Waals surface area contributed by atoms with E-state index in [-0.39, 0.29) is 5.78 Å². The van der Waals surface area contributed by atoms with Crippen LogP contribution in [0.15, 0.2) is 73.3 Å². The van der Waals surface area contributed by atoms with Crippen LogP contribution in [0.5, 0.6) is 0 Å². The van der Waals surface area contributed by atoms with Crippen LogP contribution in [0.25, 0.3) is 22.2 Å². The molecular formula is C24H23N3O. The topological polar surface area (TPSA) is 47.8 Å². The molecule has 0 aliphatic rings.